The molecule has 1 aliphatic rings. The third-order valence-electron chi connectivity index (χ3n) is 4.23. The molecule has 1 aromatic carbocycles. The van der Waals surface area contributed by atoms with Crippen molar-refractivity contribution in [2.45, 2.75) is 6.18 Å². The molecule has 0 spiro atoms. The molecule has 0 unspecified atom stereocenters. The summed E-state index contributed by atoms with van der Waals surface area (Å²) in [6.07, 6.45) is -3.22. The van der Waals surface area contributed by atoms with Gasteiger partial charge in [0.1, 0.15) is 5.69 Å². The quantitative estimate of drug-likeness (QED) is 0.728. The highest BCUT2D eigenvalue weighted by atomic mass is 32.2. The fraction of sp³-hybridized carbons (Fsp3) is 0.412. The van der Waals surface area contributed by atoms with Gasteiger partial charge < -0.3 is 20.3 Å². The van der Waals surface area contributed by atoms with E-state index in [1.807, 2.05) is 4.90 Å². The number of aromatic nitrogens is 2. The monoisotopic (exact) mass is 447 g/mol. The molecule has 0 atom stereocenters. The van der Waals surface area contributed by atoms with Crippen LogP contribution >= 0.6 is 0 Å². The molecule has 0 aliphatic carbocycles. The summed E-state index contributed by atoms with van der Waals surface area (Å²) >= 11 is 0. The van der Waals surface area contributed by atoms with Crippen LogP contribution in [0.2, 0.25) is 0 Å². The van der Waals surface area contributed by atoms with E-state index in [1.54, 1.807) is 24.3 Å². The lowest BCUT2D eigenvalue weighted by molar-refractivity contribution is -0.154. The number of carbonyl (C=O) groups excluding carboxylic acids is 1. The van der Waals surface area contributed by atoms with E-state index in [1.165, 1.54) is 17.9 Å². The second-order valence-corrected chi connectivity index (χ2v) is 9.00. The summed E-state index contributed by atoms with van der Waals surface area (Å²) in [5, 5.41) is 8.75. The minimum atomic E-state index is -4.54. The summed E-state index contributed by atoms with van der Waals surface area (Å²) < 4.78 is 66.1. The van der Waals surface area contributed by atoms with Crippen LogP contribution in [-0.4, -0.2) is 61.6 Å². The molecule has 1 aromatic heterocycles. The van der Waals surface area contributed by atoms with Crippen LogP contribution in [0.3, 0.4) is 0 Å². The van der Waals surface area contributed by atoms with E-state index < -0.39 is 28.7 Å². The number of nitrogens with one attached hydrogen (secondary N) is 2. The number of sulfone groups is 1. The third kappa shape index (κ3) is 6.02. The summed E-state index contributed by atoms with van der Waals surface area (Å²) in [6, 6.07) is 6.12. The Morgan fingerprint density at radius 1 is 1.23 bits per heavy atom. The number of urea groups is 1. The van der Waals surface area contributed by atoms with E-state index in [0.29, 0.717) is 18.8 Å². The number of aryl methyl sites for hydroxylation is 1. The summed E-state index contributed by atoms with van der Waals surface area (Å²) in [5.74, 6) is -0.229. The number of alkyl halides is 3. The van der Waals surface area contributed by atoms with Crippen molar-refractivity contribution < 1.29 is 31.1 Å². The maximum atomic E-state index is 12.4. The van der Waals surface area contributed by atoms with Gasteiger partial charge in [0.05, 0.1) is 17.7 Å². The second-order valence-electron chi connectivity index (χ2n) is 6.69. The Morgan fingerprint density at radius 3 is 2.60 bits per heavy atom. The molecule has 13 heteroatoms. The van der Waals surface area contributed by atoms with Crippen LogP contribution in [0.4, 0.5) is 35.0 Å². The van der Waals surface area contributed by atoms with E-state index in [0.717, 1.165) is 5.69 Å². The molecule has 3 rings (SSSR count). The van der Waals surface area contributed by atoms with E-state index in [9.17, 15) is 26.4 Å². The third-order valence-corrected chi connectivity index (χ3v) is 5.84. The first-order chi connectivity index (χ1) is 14.0. The number of rotatable bonds is 5. The van der Waals surface area contributed by atoms with Gasteiger partial charge in [0, 0.05) is 31.5 Å². The van der Waals surface area contributed by atoms with E-state index in [2.05, 4.69) is 20.5 Å². The highest BCUT2D eigenvalue weighted by Gasteiger charge is 2.29. The number of ether oxygens (including phenoxy) is 1. The number of benzene rings is 1. The van der Waals surface area contributed by atoms with Gasteiger partial charge >= 0.3 is 12.2 Å². The molecule has 2 amide bonds. The van der Waals surface area contributed by atoms with Crippen LogP contribution in [0.1, 0.15) is 0 Å². The smallest absolute Gasteiger partial charge is 0.422 e. The summed E-state index contributed by atoms with van der Waals surface area (Å²) in [4.78, 5) is 14.2. The number of amides is 2. The van der Waals surface area contributed by atoms with Crippen molar-refractivity contribution in [3.05, 3.63) is 30.5 Å². The summed E-state index contributed by atoms with van der Waals surface area (Å²) in [5.41, 5.74) is 1.16. The van der Waals surface area contributed by atoms with Gasteiger partial charge in [-0.15, -0.1) is 5.10 Å². The molecule has 1 saturated heterocycles. The lowest BCUT2D eigenvalue weighted by Gasteiger charge is -2.29. The van der Waals surface area contributed by atoms with Gasteiger partial charge in [0.15, 0.2) is 16.4 Å². The number of halogens is 3. The fourth-order valence-corrected chi connectivity index (χ4v) is 4.05. The molecular formula is C17H20F3N5O4S. The van der Waals surface area contributed by atoms with Crippen LogP contribution in [0, 0.1) is 0 Å². The van der Waals surface area contributed by atoms with Crippen molar-refractivity contribution in [2.75, 3.05) is 46.7 Å². The van der Waals surface area contributed by atoms with Crippen LogP contribution in [-0.2, 0) is 16.9 Å². The minimum absolute atomic E-state index is 0.0170. The molecule has 2 heterocycles. The molecule has 0 radical (unpaired) electrons. The Bertz CT molecular complexity index is 1010. The van der Waals surface area contributed by atoms with Crippen molar-refractivity contribution >= 4 is 32.9 Å². The first-order valence-corrected chi connectivity index (χ1v) is 10.7. The van der Waals surface area contributed by atoms with Crippen LogP contribution in [0.5, 0.6) is 5.88 Å². The Labute approximate surface area is 170 Å². The fourth-order valence-electron chi connectivity index (χ4n) is 2.85. The Balaban J connectivity index is 1.63. The van der Waals surface area contributed by atoms with Crippen molar-refractivity contribution in [3.8, 4) is 5.88 Å². The molecule has 30 heavy (non-hydrogen) atoms. The first kappa shape index (κ1) is 21.7. The predicted molar refractivity (Wildman–Crippen MR) is 105 cm³/mol. The Morgan fingerprint density at radius 2 is 1.93 bits per heavy atom. The highest BCUT2D eigenvalue weighted by Crippen LogP contribution is 2.26. The van der Waals surface area contributed by atoms with Crippen LogP contribution in [0.25, 0.3) is 0 Å². The van der Waals surface area contributed by atoms with Gasteiger partial charge in [0.2, 0.25) is 0 Å². The Kier molecular flexibility index (Phi) is 6.10. The Hall–Kier alpha value is -2.96. The molecule has 2 aromatic rings. The maximum absolute atomic E-state index is 12.4. The van der Waals surface area contributed by atoms with Crippen LogP contribution < -0.4 is 20.3 Å². The molecular weight excluding hydrogens is 427 g/mol. The topological polar surface area (TPSA) is 106 Å². The number of anilines is 3. The van der Waals surface area contributed by atoms with Crippen molar-refractivity contribution in [1.29, 1.82) is 0 Å². The van der Waals surface area contributed by atoms with E-state index >= 15 is 0 Å². The zero-order valence-electron chi connectivity index (χ0n) is 15.9. The predicted octanol–water partition coefficient (Wildman–Crippen LogP) is 2.24. The van der Waals surface area contributed by atoms with Gasteiger partial charge in [0.25, 0.3) is 5.88 Å². The second kappa shape index (κ2) is 8.42. The van der Waals surface area contributed by atoms with Gasteiger partial charge in [-0.3, -0.25) is 4.68 Å². The van der Waals surface area contributed by atoms with Gasteiger partial charge in [-0.1, -0.05) is 6.07 Å². The van der Waals surface area contributed by atoms with Gasteiger partial charge in [-0.05, 0) is 18.2 Å². The standard InChI is InChI=1S/C17H20F3N5O4S/c1-24-10-14(15(23-24)29-11-17(18,19)20)22-16(26)21-12-3-2-4-13(9-12)25-5-7-30(27,28)8-6-25/h2-4,9-10H,5-8,11H2,1H3,(H2,21,22,26). The van der Waals surface area contributed by atoms with Gasteiger partial charge in [-0.2, -0.15) is 13.2 Å². The number of carbonyl (C=O) groups is 1. The number of hydrogen-bond acceptors (Lipinski definition) is 6. The largest absolute Gasteiger partial charge is 0.465 e. The average molecular weight is 447 g/mol. The molecule has 164 valence electrons. The van der Waals surface area contributed by atoms with Crippen LogP contribution in [0.15, 0.2) is 30.5 Å². The highest BCUT2D eigenvalue weighted by molar-refractivity contribution is 7.91. The molecule has 1 fully saturated rings. The normalized spacial score (nSPS) is 16.2. The molecule has 0 bridgehead atoms. The molecule has 1 aliphatic heterocycles. The summed E-state index contributed by atoms with van der Waals surface area (Å²) in [7, 11) is -1.54. The lowest BCUT2D eigenvalue weighted by Crippen LogP contribution is -2.40. The number of nitrogens with zero attached hydrogens (tertiary/aromatic N) is 3. The first-order valence-electron chi connectivity index (χ1n) is 8.87. The SMILES string of the molecule is Cn1cc(NC(=O)Nc2cccc(N3CCS(=O)(=O)CC3)c2)c(OCC(F)(F)F)n1. The average Bonchev–Trinajstić information content (AvgIpc) is 2.98. The minimum Gasteiger partial charge on any atom is -0.465 e. The van der Waals surface area contributed by atoms with Crippen molar-refractivity contribution in [2.24, 2.45) is 7.05 Å². The zero-order valence-corrected chi connectivity index (χ0v) is 16.8. The van der Waals surface area contributed by atoms with E-state index in [4.69, 9.17) is 0 Å². The van der Waals surface area contributed by atoms with E-state index in [-0.39, 0.29) is 23.1 Å². The number of hydrogen-bond donors (Lipinski definition) is 2. The lowest BCUT2D eigenvalue weighted by atomic mass is 10.2. The molecule has 0 saturated carbocycles. The molecule has 9 nitrogen and oxygen atoms in total. The van der Waals surface area contributed by atoms with Crippen molar-refractivity contribution in [3.63, 3.8) is 0 Å². The molecule has 2 N–H and O–H groups in total. The van der Waals surface area contributed by atoms with Crippen molar-refractivity contribution in [1.82, 2.24) is 9.78 Å². The zero-order chi connectivity index (χ0) is 21.9. The summed E-state index contributed by atoms with van der Waals surface area (Å²) in [6.45, 7) is -0.824. The van der Waals surface area contributed by atoms with Gasteiger partial charge in [-0.25, -0.2) is 13.2 Å². The maximum Gasteiger partial charge on any atom is 0.422 e.